The van der Waals surface area contributed by atoms with Crippen LogP contribution in [-0.2, 0) is 0 Å². The van der Waals surface area contributed by atoms with E-state index in [1.807, 2.05) is 0 Å². The highest BCUT2D eigenvalue weighted by Crippen LogP contribution is 2.27. The molecule has 0 heterocycles. The average molecular weight is 379 g/mol. The Morgan fingerprint density at radius 1 is 1.46 bits per heavy atom. The summed E-state index contributed by atoms with van der Waals surface area (Å²) in [6, 6.07) is 4.09. The maximum absolute atomic E-state index is 13.5. The average Bonchev–Trinajstić information content (AvgIpc) is 3.40. The van der Waals surface area contributed by atoms with Gasteiger partial charge in [0.1, 0.15) is 11.0 Å². The Kier molecular flexibility index (Phi) is 7.36. The van der Waals surface area contributed by atoms with Gasteiger partial charge in [0.25, 0.3) is 0 Å². The van der Waals surface area contributed by atoms with Crippen molar-refractivity contribution in [2.24, 2.45) is 5.92 Å². The third-order valence-corrected chi connectivity index (χ3v) is 4.19. The van der Waals surface area contributed by atoms with Crippen LogP contribution in [0.15, 0.2) is 36.0 Å². The van der Waals surface area contributed by atoms with E-state index in [2.05, 4.69) is 10.6 Å². The van der Waals surface area contributed by atoms with E-state index < -0.39 is 11.9 Å². The van der Waals surface area contributed by atoms with Crippen molar-refractivity contribution in [3.8, 4) is 0 Å². The molecular weight excluding hydrogens is 355 g/mol. The van der Waals surface area contributed by atoms with Gasteiger partial charge in [0, 0.05) is 42.3 Å². The maximum atomic E-state index is 13.5. The van der Waals surface area contributed by atoms with Gasteiger partial charge < -0.3 is 21.1 Å². The van der Waals surface area contributed by atoms with Gasteiger partial charge in [-0.2, -0.15) is 0 Å². The standard InChI is InChI=1S/C19H24ClFN4O/c1-12(26)17-6-15(21)4-5-16(17)18(7-19(20)23)25-11-14(8-22)10-24-9-13-2-3-13/h4-8,10,12-13,22-26H,2-3,9,11H2,1H3/b14-10+,18-7-,22-8?,23-19?/t12-/m1/s1. The summed E-state index contributed by atoms with van der Waals surface area (Å²) in [5.41, 5.74) is 2.16. The Bertz CT molecular complexity index is 726. The van der Waals surface area contributed by atoms with Crippen LogP contribution in [0.4, 0.5) is 4.39 Å². The normalized spacial score (nSPS) is 16.2. The van der Waals surface area contributed by atoms with E-state index in [4.69, 9.17) is 22.4 Å². The molecule has 140 valence electrons. The van der Waals surface area contributed by atoms with Crippen LogP contribution in [0, 0.1) is 22.6 Å². The fraction of sp³-hybridized carbons (Fsp3) is 0.368. The third kappa shape index (κ3) is 6.28. The molecule has 0 amide bonds. The quantitative estimate of drug-likeness (QED) is 0.403. The lowest BCUT2D eigenvalue weighted by atomic mass is 10.00. The predicted molar refractivity (Wildman–Crippen MR) is 104 cm³/mol. The molecule has 5 nitrogen and oxygen atoms in total. The highest BCUT2D eigenvalue weighted by Gasteiger charge is 2.20. The fourth-order valence-corrected chi connectivity index (χ4v) is 2.60. The highest BCUT2D eigenvalue weighted by atomic mass is 35.5. The van der Waals surface area contributed by atoms with Gasteiger partial charge in [-0.3, -0.25) is 5.41 Å². The van der Waals surface area contributed by atoms with Crippen LogP contribution in [0.2, 0.25) is 0 Å². The Hall–Kier alpha value is -2.18. The molecule has 0 bridgehead atoms. The first-order valence-corrected chi connectivity index (χ1v) is 8.89. The smallest absolute Gasteiger partial charge is 0.123 e. The summed E-state index contributed by atoms with van der Waals surface area (Å²) in [6.07, 6.45) is 6.06. The SMILES string of the molecule is C[C@@H](O)c1cc(F)ccc1/C(=C/C(=N)Cl)NC/C(C=N)=C/NCC1CC1. The molecule has 1 aromatic rings. The van der Waals surface area contributed by atoms with Gasteiger partial charge in [-0.25, -0.2) is 4.39 Å². The monoisotopic (exact) mass is 378 g/mol. The minimum Gasteiger partial charge on any atom is -0.390 e. The van der Waals surface area contributed by atoms with Crippen molar-refractivity contribution >= 4 is 28.7 Å². The van der Waals surface area contributed by atoms with Crippen molar-refractivity contribution in [3.05, 3.63) is 53.0 Å². The molecule has 7 heteroatoms. The minimum atomic E-state index is -0.881. The van der Waals surface area contributed by atoms with Gasteiger partial charge in [-0.1, -0.05) is 11.6 Å². The second-order valence-electron chi connectivity index (χ2n) is 6.38. The Labute approximate surface area is 158 Å². The van der Waals surface area contributed by atoms with E-state index in [9.17, 15) is 9.50 Å². The van der Waals surface area contributed by atoms with Gasteiger partial charge in [0.15, 0.2) is 0 Å². The van der Waals surface area contributed by atoms with Crippen LogP contribution < -0.4 is 10.6 Å². The fourth-order valence-electron chi connectivity index (χ4n) is 2.49. The summed E-state index contributed by atoms with van der Waals surface area (Å²) in [5, 5.41) is 31.2. The number of rotatable bonds is 10. The number of benzene rings is 1. The first-order valence-electron chi connectivity index (χ1n) is 8.51. The Balaban J connectivity index is 2.17. The number of allylic oxidation sites excluding steroid dienone is 1. The number of aliphatic hydroxyl groups is 1. The molecule has 2 rings (SSSR count). The highest BCUT2D eigenvalue weighted by molar-refractivity contribution is 6.68. The molecule has 26 heavy (non-hydrogen) atoms. The van der Waals surface area contributed by atoms with Gasteiger partial charge in [-0.15, -0.1) is 0 Å². The van der Waals surface area contributed by atoms with Gasteiger partial charge in [0.05, 0.1) is 6.10 Å². The Morgan fingerprint density at radius 3 is 2.77 bits per heavy atom. The van der Waals surface area contributed by atoms with Crippen molar-refractivity contribution in [2.75, 3.05) is 13.1 Å². The molecule has 0 aliphatic heterocycles. The molecule has 0 saturated heterocycles. The molecule has 0 spiro atoms. The van der Waals surface area contributed by atoms with Crippen LogP contribution in [0.25, 0.3) is 5.70 Å². The summed E-state index contributed by atoms with van der Waals surface area (Å²) in [6.45, 7) is 2.77. The van der Waals surface area contributed by atoms with Crippen LogP contribution >= 0.6 is 11.6 Å². The van der Waals surface area contributed by atoms with Crippen molar-refractivity contribution in [1.82, 2.24) is 10.6 Å². The second kappa shape index (κ2) is 9.50. The topological polar surface area (TPSA) is 92.0 Å². The number of aliphatic hydroxyl groups excluding tert-OH is 1. The van der Waals surface area contributed by atoms with E-state index in [0.29, 0.717) is 23.4 Å². The summed E-state index contributed by atoms with van der Waals surface area (Å²) in [4.78, 5) is 0. The van der Waals surface area contributed by atoms with Crippen LogP contribution in [0.3, 0.4) is 0 Å². The van der Waals surface area contributed by atoms with Gasteiger partial charge >= 0.3 is 0 Å². The maximum Gasteiger partial charge on any atom is 0.123 e. The second-order valence-corrected chi connectivity index (χ2v) is 6.79. The summed E-state index contributed by atoms with van der Waals surface area (Å²) >= 11 is 5.72. The molecular formula is C19H24ClFN4O. The number of hydrogen-bond donors (Lipinski definition) is 5. The van der Waals surface area contributed by atoms with E-state index in [-0.39, 0.29) is 5.17 Å². The van der Waals surface area contributed by atoms with Crippen molar-refractivity contribution in [2.45, 2.75) is 25.9 Å². The molecule has 1 saturated carbocycles. The predicted octanol–water partition coefficient (Wildman–Crippen LogP) is 3.56. The van der Waals surface area contributed by atoms with E-state index in [1.165, 1.54) is 43.3 Å². The van der Waals surface area contributed by atoms with Gasteiger partial charge in [-0.05, 0) is 55.5 Å². The van der Waals surface area contributed by atoms with Gasteiger partial charge in [0.2, 0.25) is 0 Å². The first kappa shape index (κ1) is 20.1. The number of halogens is 2. The van der Waals surface area contributed by atoms with Crippen molar-refractivity contribution < 1.29 is 9.50 Å². The zero-order valence-electron chi connectivity index (χ0n) is 14.7. The molecule has 0 radical (unpaired) electrons. The molecule has 1 atom stereocenters. The molecule has 1 aromatic carbocycles. The molecule has 0 unspecified atom stereocenters. The Morgan fingerprint density at radius 2 is 2.19 bits per heavy atom. The zero-order chi connectivity index (χ0) is 19.1. The minimum absolute atomic E-state index is 0.194. The number of nitrogens with one attached hydrogen (secondary N) is 4. The summed E-state index contributed by atoms with van der Waals surface area (Å²) < 4.78 is 13.5. The zero-order valence-corrected chi connectivity index (χ0v) is 15.4. The molecule has 0 aromatic heterocycles. The van der Waals surface area contributed by atoms with E-state index in [0.717, 1.165) is 18.0 Å². The molecule has 1 aliphatic carbocycles. The largest absolute Gasteiger partial charge is 0.390 e. The van der Waals surface area contributed by atoms with E-state index in [1.54, 1.807) is 13.1 Å². The molecule has 5 N–H and O–H groups in total. The van der Waals surface area contributed by atoms with E-state index >= 15 is 0 Å². The van der Waals surface area contributed by atoms with Crippen LogP contribution in [0.5, 0.6) is 0 Å². The lowest BCUT2D eigenvalue weighted by molar-refractivity contribution is 0.198. The lowest BCUT2D eigenvalue weighted by Crippen LogP contribution is -2.20. The van der Waals surface area contributed by atoms with Crippen LogP contribution in [0.1, 0.15) is 37.0 Å². The van der Waals surface area contributed by atoms with Crippen molar-refractivity contribution in [1.29, 1.82) is 10.8 Å². The van der Waals surface area contributed by atoms with Crippen molar-refractivity contribution in [3.63, 3.8) is 0 Å². The third-order valence-electron chi connectivity index (χ3n) is 4.08. The summed E-state index contributed by atoms with van der Waals surface area (Å²) in [5.74, 6) is 0.278. The number of hydrogen-bond acceptors (Lipinski definition) is 5. The molecule has 1 fully saturated rings. The summed E-state index contributed by atoms with van der Waals surface area (Å²) in [7, 11) is 0. The van der Waals surface area contributed by atoms with Crippen LogP contribution in [-0.4, -0.2) is 29.6 Å². The molecule has 1 aliphatic rings. The first-order chi connectivity index (χ1) is 12.4. The lowest BCUT2D eigenvalue weighted by Gasteiger charge is -2.17.